The summed E-state index contributed by atoms with van der Waals surface area (Å²) in [5, 5.41) is 0. The van der Waals surface area contributed by atoms with Crippen molar-refractivity contribution in [1.29, 1.82) is 0 Å². The Kier molecular flexibility index (Phi) is 3.09. The maximum absolute atomic E-state index is 10.5. The van der Waals surface area contributed by atoms with Gasteiger partial charge in [0.15, 0.2) is 0 Å². The third kappa shape index (κ3) is 2.53. The summed E-state index contributed by atoms with van der Waals surface area (Å²) < 4.78 is 0. The molecule has 0 heterocycles. The zero-order valence-electron chi connectivity index (χ0n) is 7.42. The van der Waals surface area contributed by atoms with Gasteiger partial charge in [0.1, 0.15) is 0 Å². The molecule has 1 aliphatic rings. The molecule has 66 valence electrons. The number of hydrogen-bond acceptors (Lipinski definition) is 1. The highest BCUT2D eigenvalue weighted by atomic mass is 16.1. The number of allylic oxidation sites excluding steroid dienone is 4. The summed E-state index contributed by atoms with van der Waals surface area (Å²) >= 11 is 0. The molecule has 1 amide bonds. The lowest BCUT2D eigenvalue weighted by molar-refractivity contribution is -0.118. The fraction of sp³-hybridized carbons (Fsp3) is 0.500. The molecule has 1 rings (SSSR count). The maximum atomic E-state index is 10.5. The van der Waals surface area contributed by atoms with Crippen molar-refractivity contribution in [2.45, 2.75) is 26.2 Å². The molecular formula is C10H15NO. The first-order chi connectivity index (χ1) is 5.70. The molecule has 0 aromatic carbocycles. The molecule has 0 bridgehead atoms. The van der Waals surface area contributed by atoms with E-state index in [0.29, 0.717) is 12.3 Å². The minimum absolute atomic E-state index is 0.211. The van der Waals surface area contributed by atoms with Gasteiger partial charge in [0.25, 0.3) is 0 Å². The molecule has 0 saturated heterocycles. The molecule has 2 nitrogen and oxygen atoms in total. The van der Waals surface area contributed by atoms with E-state index >= 15 is 0 Å². The van der Waals surface area contributed by atoms with Gasteiger partial charge in [-0.15, -0.1) is 0 Å². The van der Waals surface area contributed by atoms with Gasteiger partial charge in [-0.25, -0.2) is 0 Å². The Balaban J connectivity index is 2.44. The zero-order valence-corrected chi connectivity index (χ0v) is 7.42. The van der Waals surface area contributed by atoms with Crippen molar-refractivity contribution in [1.82, 2.24) is 0 Å². The Morgan fingerprint density at radius 1 is 1.75 bits per heavy atom. The van der Waals surface area contributed by atoms with Crippen LogP contribution in [0.3, 0.4) is 0 Å². The molecule has 0 aromatic rings. The van der Waals surface area contributed by atoms with Gasteiger partial charge in [-0.2, -0.15) is 0 Å². The molecule has 1 unspecified atom stereocenters. The molecule has 0 fully saturated rings. The monoisotopic (exact) mass is 165 g/mol. The molecule has 1 atom stereocenters. The molecule has 12 heavy (non-hydrogen) atoms. The van der Waals surface area contributed by atoms with Crippen LogP contribution in [0, 0.1) is 5.92 Å². The Morgan fingerprint density at radius 3 is 3.08 bits per heavy atom. The van der Waals surface area contributed by atoms with Gasteiger partial charge in [0, 0.05) is 6.42 Å². The average molecular weight is 165 g/mol. The van der Waals surface area contributed by atoms with Crippen molar-refractivity contribution >= 4 is 5.91 Å². The Labute approximate surface area is 73.1 Å². The number of rotatable bonds is 3. The molecular weight excluding hydrogens is 150 g/mol. The van der Waals surface area contributed by atoms with E-state index in [1.807, 2.05) is 0 Å². The predicted molar refractivity (Wildman–Crippen MR) is 49.4 cm³/mol. The maximum Gasteiger partial charge on any atom is 0.217 e. The van der Waals surface area contributed by atoms with E-state index in [1.165, 1.54) is 5.57 Å². The van der Waals surface area contributed by atoms with Gasteiger partial charge in [0.05, 0.1) is 0 Å². The molecule has 0 spiro atoms. The molecule has 0 radical (unpaired) electrons. The summed E-state index contributed by atoms with van der Waals surface area (Å²) in [7, 11) is 0. The van der Waals surface area contributed by atoms with Gasteiger partial charge in [-0.3, -0.25) is 4.79 Å². The number of nitrogens with two attached hydrogens (primary N) is 1. The number of hydrogen-bond donors (Lipinski definition) is 1. The Bertz CT molecular complexity index is 228. The smallest absolute Gasteiger partial charge is 0.217 e. The highest BCUT2D eigenvalue weighted by Gasteiger charge is 2.09. The second kappa shape index (κ2) is 4.10. The van der Waals surface area contributed by atoms with E-state index in [9.17, 15) is 4.79 Å². The third-order valence-corrected chi connectivity index (χ3v) is 2.23. The van der Waals surface area contributed by atoms with Crippen LogP contribution >= 0.6 is 0 Å². The largest absolute Gasteiger partial charge is 0.370 e. The first-order valence-corrected chi connectivity index (χ1v) is 4.34. The fourth-order valence-electron chi connectivity index (χ4n) is 1.39. The first-order valence-electron chi connectivity index (χ1n) is 4.34. The highest BCUT2D eigenvalue weighted by molar-refractivity contribution is 5.74. The average Bonchev–Trinajstić information content (AvgIpc) is 2.03. The molecule has 1 aliphatic carbocycles. The zero-order chi connectivity index (χ0) is 8.97. The third-order valence-electron chi connectivity index (χ3n) is 2.23. The quantitative estimate of drug-likeness (QED) is 0.680. The van der Waals surface area contributed by atoms with Crippen LogP contribution in [0.15, 0.2) is 23.8 Å². The fourth-order valence-corrected chi connectivity index (χ4v) is 1.39. The van der Waals surface area contributed by atoms with Gasteiger partial charge in [-0.05, 0) is 18.8 Å². The molecule has 0 saturated carbocycles. The van der Waals surface area contributed by atoms with Crippen LogP contribution in [0.4, 0.5) is 0 Å². The minimum Gasteiger partial charge on any atom is -0.370 e. The van der Waals surface area contributed by atoms with Crippen molar-refractivity contribution in [3.63, 3.8) is 0 Å². The van der Waals surface area contributed by atoms with Crippen LogP contribution in [0.1, 0.15) is 26.2 Å². The summed E-state index contributed by atoms with van der Waals surface area (Å²) in [6.07, 6.45) is 8.68. The molecule has 2 N–H and O–H groups in total. The lowest BCUT2D eigenvalue weighted by Gasteiger charge is -2.16. The molecule has 2 heteroatoms. The van der Waals surface area contributed by atoms with Crippen molar-refractivity contribution in [3.8, 4) is 0 Å². The summed E-state index contributed by atoms with van der Waals surface area (Å²) in [6, 6.07) is 0. The van der Waals surface area contributed by atoms with Crippen LogP contribution in [0.2, 0.25) is 0 Å². The van der Waals surface area contributed by atoms with Crippen LogP contribution < -0.4 is 5.73 Å². The van der Waals surface area contributed by atoms with E-state index < -0.39 is 0 Å². The second-order valence-electron chi connectivity index (χ2n) is 3.27. The Hall–Kier alpha value is -1.05. The number of amides is 1. The second-order valence-corrected chi connectivity index (χ2v) is 3.27. The van der Waals surface area contributed by atoms with Crippen LogP contribution in [-0.2, 0) is 4.79 Å². The SMILES string of the molecule is CC1CC=CC=C1CCC(N)=O. The first kappa shape index (κ1) is 9.04. The van der Waals surface area contributed by atoms with E-state index in [0.717, 1.165) is 12.8 Å². The summed E-state index contributed by atoms with van der Waals surface area (Å²) in [5.74, 6) is 0.368. The molecule has 0 aliphatic heterocycles. The molecule has 0 aromatic heterocycles. The normalized spacial score (nSPS) is 22.1. The van der Waals surface area contributed by atoms with Crippen LogP contribution in [-0.4, -0.2) is 5.91 Å². The summed E-state index contributed by atoms with van der Waals surface area (Å²) in [4.78, 5) is 10.5. The van der Waals surface area contributed by atoms with E-state index in [-0.39, 0.29) is 5.91 Å². The van der Waals surface area contributed by atoms with Gasteiger partial charge >= 0.3 is 0 Å². The lowest BCUT2D eigenvalue weighted by atomic mass is 9.90. The van der Waals surface area contributed by atoms with Crippen LogP contribution in [0.5, 0.6) is 0 Å². The van der Waals surface area contributed by atoms with Crippen molar-refractivity contribution < 1.29 is 4.79 Å². The predicted octanol–water partition coefficient (Wildman–Crippen LogP) is 1.77. The van der Waals surface area contributed by atoms with Gasteiger partial charge in [0.2, 0.25) is 5.91 Å². The Morgan fingerprint density at radius 2 is 2.50 bits per heavy atom. The highest BCUT2D eigenvalue weighted by Crippen LogP contribution is 2.23. The number of carbonyl (C=O) groups excluding carboxylic acids is 1. The van der Waals surface area contributed by atoms with E-state index in [1.54, 1.807) is 0 Å². The number of primary amides is 1. The van der Waals surface area contributed by atoms with Gasteiger partial charge in [-0.1, -0.05) is 30.7 Å². The van der Waals surface area contributed by atoms with E-state index in [2.05, 4.69) is 25.2 Å². The number of carbonyl (C=O) groups is 1. The van der Waals surface area contributed by atoms with Crippen molar-refractivity contribution in [2.24, 2.45) is 11.7 Å². The van der Waals surface area contributed by atoms with Gasteiger partial charge < -0.3 is 5.73 Å². The van der Waals surface area contributed by atoms with E-state index in [4.69, 9.17) is 5.73 Å². The van der Waals surface area contributed by atoms with Crippen molar-refractivity contribution in [3.05, 3.63) is 23.8 Å². The van der Waals surface area contributed by atoms with Crippen molar-refractivity contribution in [2.75, 3.05) is 0 Å². The topological polar surface area (TPSA) is 43.1 Å². The summed E-state index contributed by atoms with van der Waals surface area (Å²) in [5.41, 5.74) is 6.41. The minimum atomic E-state index is -0.211. The lowest BCUT2D eigenvalue weighted by Crippen LogP contribution is -2.12. The standard InChI is InChI=1S/C10H15NO/c1-8-4-2-3-5-9(8)6-7-10(11)12/h2-3,5,8H,4,6-7H2,1H3,(H2,11,12). The van der Waals surface area contributed by atoms with Crippen LogP contribution in [0.25, 0.3) is 0 Å². The summed E-state index contributed by atoms with van der Waals surface area (Å²) in [6.45, 7) is 2.18.